The second-order valence-electron chi connectivity index (χ2n) is 7.29. The number of carbonyl (C=O) groups excluding carboxylic acids is 1. The molecule has 1 amide bonds. The van der Waals surface area contributed by atoms with Gasteiger partial charge in [-0.05, 0) is 45.6 Å². The summed E-state index contributed by atoms with van der Waals surface area (Å²) in [5, 5.41) is 5.24. The second-order valence-corrected chi connectivity index (χ2v) is 8.08. The maximum absolute atomic E-state index is 12.7. The van der Waals surface area contributed by atoms with Crippen molar-refractivity contribution in [2.45, 2.75) is 45.3 Å². The van der Waals surface area contributed by atoms with Crippen LogP contribution in [0.1, 0.15) is 34.6 Å². The molecule has 0 unspecified atom stereocenters. The Hall–Kier alpha value is -2.87. The topological polar surface area (TPSA) is 83.9 Å². The van der Waals surface area contributed by atoms with Crippen LogP contribution in [0.2, 0.25) is 0 Å². The summed E-state index contributed by atoms with van der Waals surface area (Å²) < 4.78 is 1.91. The third-order valence-corrected chi connectivity index (χ3v) is 5.83. The molecule has 0 radical (unpaired) electrons. The van der Waals surface area contributed by atoms with E-state index in [1.165, 1.54) is 11.8 Å². The minimum Gasteiger partial charge on any atom is -0.341 e. The molecule has 0 spiro atoms. The number of nitrogens with zero attached hydrogens (tertiary/aromatic N) is 4. The van der Waals surface area contributed by atoms with Crippen LogP contribution in [0.25, 0.3) is 5.69 Å². The monoisotopic (exact) mass is 425 g/mol. The summed E-state index contributed by atoms with van der Waals surface area (Å²) in [6.45, 7) is 6.26. The SMILES string of the molecule is CSc1nc(C)c(CCC(=O)N(C)Cc2c(C)nn(-c3ccccc3)c2C)c(=O)[nH]1. The van der Waals surface area contributed by atoms with Gasteiger partial charge in [0.05, 0.1) is 11.4 Å². The Bertz CT molecular complexity index is 1100. The van der Waals surface area contributed by atoms with Gasteiger partial charge in [-0.3, -0.25) is 9.59 Å². The highest BCUT2D eigenvalue weighted by molar-refractivity contribution is 7.98. The van der Waals surface area contributed by atoms with Crippen LogP contribution in [0.3, 0.4) is 0 Å². The third kappa shape index (κ3) is 4.64. The summed E-state index contributed by atoms with van der Waals surface area (Å²) in [4.78, 5) is 33.8. The Morgan fingerprint density at radius 2 is 1.83 bits per heavy atom. The molecular formula is C22H27N5O2S. The van der Waals surface area contributed by atoms with E-state index < -0.39 is 0 Å². The van der Waals surface area contributed by atoms with Crippen LogP contribution in [0.15, 0.2) is 40.3 Å². The van der Waals surface area contributed by atoms with E-state index in [1.54, 1.807) is 11.9 Å². The zero-order valence-electron chi connectivity index (χ0n) is 18.0. The zero-order valence-corrected chi connectivity index (χ0v) is 18.8. The minimum atomic E-state index is -0.168. The molecule has 30 heavy (non-hydrogen) atoms. The van der Waals surface area contributed by atoms with Gasteiger partial charge in [0.1, 0.15) is 0 Å². The molecule has 8 heteroatoms. The van der Waals surface area contributed by atoms with E-state index in [1.807, 2.05) is 62.0 Å². The number of H-pyrrole nitrogens is 1. The fourth-order valence-electron chi connectivity index (χ4n) is 3.45. The second kappa shape index (κ2) is 9.30. The molecule has 2 heterocycles. The Kier molecular flexibility index (Phi) is 6.77. The molecule has 0 bridgehead atoms. The predicted octanol–water partition coefficient (Wildman–Crippen LogP) is 3.19. The highest BCUT2D eigenvalue weighted by Gasteiger charge is 2.18. The molecule has 1 aromatic carbocycles. The van der Waals surface area contributed by atoms with Crippen LogP contribution in [0.4, 0.5) is 0 Å². The molecular weight excluding hydrogens is 398 g/mol. The molecule has 1 N–H and O–H groups in total. The van der Waals surface area contributed by atoms with Crippen molar-refractivity contribution in [3.05, 3.63) is 68.9 Å². The van der Waals surface area contributed by atoms with Gasteiger partial charge in [-0.2, -0.15) is 5.10 Å². The van der Waals surface area contributed by atoms with E-state index in [9.17, 15) is 9.59 Å². The highest BCUT2D eigenvalue weighted by Crippen LogP contribution is 2.19. The molecule has 0 fully saturated rings. The number of para-hydroxylation sites is 1. The van der Waals surface area contributed by atoms with Crippen LogP contribution in [-0.4, -0.2) is 43.9 Å². The van der Waals surface area contributed by atoms with Gasteiger partial charge < -0.3 is 9.88 Å². The normalized spacial score (nSPS) is 11.0. The zero-order chi connectivity index (χ0) is 21.8. The number of hydrogen-bond donors (Lipinski definition) is 1. The Balaban J connectivity index is 1.70. The van der Waals surface area contributed by atoms with Crippen molar-refractivity contribution < 1.29 is 4.79 Å². The number of aromatic amines is 1. The molecule has 2 aromatic heterocycles. The number of benzene rings is 1. The lowest BCUT2D eigenvalue weighted by atomic mass is 10.1. The number of amides is 1. The molecule has 7 nitrogen and oxygen atoms in total. The highest BCUT2D eigenvalue weighted by atomic mass is 32.2. The molecule has 0 aliphatic carbocycles. The minimum absolute atomic E-state index is 0.0194. The number of aryl methyl sites for hydroxylation is 2. The average molecular weight is 426 g/mol. The van der Waals surface area contributed by atoms with Crippen molar-refractivity contribution >= 4 is 17.7 Å². The van der Waals surface area contributed by atoms with Crippen LogP contribution >= 0.6 is 11.8 Å². The first-order valence-electron chi connectivity index (χ1n) is 9.80. The van der Waals surface area contributed by atoms with E-state index in [4.69, 9.17) is 0 Å². The maximum Gasteiger partial charge on any atom is 0.254 e. The first-order chi connectivity index (χ1) is 14.3. The van der Waals surface area contributed by atoms with Crippen molar-refractivity contribution in [2.24, 2.45) is 0 Å². The number of rotatable bonds is 7. The Labute approximate surface area is 180 Å². The average Bonchev–Trinajstić information content (AvgIpc) is 3.01. The first kappa shape index (κ1) is 21.8. The molecule has 0 saturated carbocycles. The fraction of sp³-hybridized carbons (Fsp3) is 0.364. The lowest BCUT2D eigenvalue weighted by Gasteiger charge is -2.18. The van der Waals surface area contributed by atoms with Crippen molar-refractivity contribution in [2.75, 3.05) is 13.3 Å². The summed E-state index contributed by atoms with van der Waals surface area (Å²) in [6.07, 6.45) is 2.48. The van der Waals surface area contributed by atoms with Gasteiger partial charge in [0.2, 0.25) is 5.91 Å². The first-order valence-corrected chi connectivity index (χ1v) is 11.0. The standard InChI is InChI=1S/C22H27N5O2S/c1-14-18(21(29)24-22(23-14)30-5)11-12-20(28)26(4)13-19-15(2)25-27(16(19)3)17-9-7-6-8-10-17/h6-10H,11-13H2,1-5H3,(H,23,24,29). The van der Waals surface area contributed by atoms with Gasteiger partial charge in [0.25, 0.3) is 5.56 Å². The third-order valence-electron chi connectivity index (χ3n) is 5.25. The van der Waals surface area contributed by atoms with Crippen molar-refractivity contribution in [3.63, 3.8) is 0 Å². The maximum atomic E-state index is 12.7. The van der Waals surface area contributed by atoms with Crippen LogP contribution in [0.5, 0.6) is 0 Å². The largest absolute Gasteiger partial charge is 0.341 e. The molecule has 0 aliphatic rings. The summed E-state index contributed by atoms with van der Waals surface area (Å²) in [6, 6.07) is 9.94. The van der Waals surface area contributed by atoms with Crippen molar-refractivity contribution in [1.29, 1.82) is 0 Å². The molecule has 0 atom stereocenters. The fourth-order valence-corrected chi connectivity index (χ4v) is 3.87. The van der Waals surface area contributed by atoms with Gasteiger partial charge in [0, 0.05) is 42.5 Å². The summed E-state index contributed by atoms with van der Waals surface area (Å²) in [5.41, 5.74) is 5.03. The summed E-state index contributed by atoms with van der Waals surface area (Å²) >= 11 is 1.39. The van der Waals surface area contributed by atoms with E-state index >= 15 is 0 Å². The number of hydrogen-bond acceptors (Lipinski definition) is 5. The predicted molar refractivity (Wildman–Crippen MR) is 119 cm³/mol. The summed E-state index contributed by atoms with van der Waals surface area (Å²) in [5.74, 6) is -0.0194. The smallest absolute Gasteiger partial charge is 0.254 e. The number of thioether (sulfide) groups is 1. The summed E-state index contributed by atoms with van der Waals surface area (Å²) in [7, 11) is 1.78. The van der Waals surface area contributed by atoms with Crippen LogP contribution in [0, 0.1) is 20.8 Å². The van der Waals surface area contributed by atoms with Gasteiger partial charge in [-0.1, -0.05) is 30.0 Å². The van der Waals surface area contributed by atoms with E-state index in [-0.39, 0.29) is 17.9 Å². The van der Waals surface area contributed by atoms with E-state index in [2.05, 4.69) is 15.1 Å². The molecule has 158 valence electrons. The molecule has 0 saturated heterocycles. The van der Waals surface area contributed by atoms with Gasteiger partial charge in [-0.15, -0.1) is 0 Å². The number of aromatic nitrogens is 4. The molecule has 3 aromatic rings. The van der Waals surface area contributed by atoms with Crippen LogP contribution < -0.4 is 5.56 Å². The van der Waals surface area contributed by atoms with Crippen molar-refractivity contribution in [1.82, 2.24) is 24.6 Å². The Morgan fingerprint density at radius 1 is 1.13 bits per heavy atom. The quantitative estimate of drug-likeness (QED) is 0.464. The molecule has 0 aliphatic heterocycles. The lowest BCUT2D eigenvalue weighted by Crippen LogP contribution is -2.28. The van der Waals surface area contributed by atoms with Crippen LogP contribution in [-0.2, 0) is 17.8 Å². The van der Waals surface area contributed by atoms with E-state index in [0.717, 1.165) is 22.6 Å². The number of nitrogens with one attached hydrogen (secondary N) is 1. The molecule has 3 rings (SSSR count). The van der Waals surface area contributed by atoms with Gasteiger partial charge in [0.15, 0.2) is 5.16 Å². The van der Waals surface area contributed by atoms with Gasteiger partial charge in [-0.25, -0.2) is 9.67 Å². The number of carbonyl (C=O) groups is 1. The van der Waals surface area contributed by atoms with Crippen molar-refractivity contribution in [3.8, 4) is 5.69 Å². The Morgan fingerprint density at radius 3 is 2.47 bits per heavy atom. The lowest BCUT2D eigenvalue weighted by molar-refractivity contribution is -0.130. The van der Waals surface area contributed by atoms with E-state index in [0.29, 0.717) is 29.4 Å². The van der Waals surface area contributed by atoms with Gasteiger partial charge >= 0.3 is 0 Å².